The lowest BCUT2D eigenvalue weighted by Gasteiger charge is -2.26. The van der Waals surface area contributed by atoms with Crippen molar-refractivity contribution in [3.8, 4) is 0 Å². The molecule has 0 aromatic rings. The monoisotopic (exact) mass is 258 g/mol. The normalized spacial score (nSPS) is 12.6. The summed E-state index contributed by atoms with van der Waals surface area (Å²) < 4.78 is 4.91. The molecule has 106 valence electrons. The molecule has 0 fully saturated rings. The van der Waals surface area contributed by atoms with Crippen molar-refractivity contribution >= 4 is 11.9 Å². The number of carbonyl (C=O) groups excluding carboxylic acids is 2. The quantitative estimate of drug-likeness (QED) is 0.664. The zero-order valence-electron chi connectivity index (χ0n) is 12.2. The predicted molar refractivity (Wildman–Crippen MR) is 71.2 cm³/mol. The number of hydrogen-bond donors (Lipinski definition) is 1. The van der Waals surface area contributed by atoms with Crippen LogP contribution in [0.3, 0.4) is 0 Å². The summed E-state index contributed by atoms with van der Waals surface area (Å²) in [7, 11) is 0. The molecule has 0 aliphatic carbocycles. The lowest BCUT2D eigenvalue weighted by Crippen LogP contribution is -2.44. The molecule has 0 aromatic heterocycles. The van der Waals surface area contributed by atoms with Crippen LogP contribution in [0.15, 0.2) is 0 Å². The minimum atomic E-state index is -0.215. The van der Waals surface area contributed by atoms with Gasteiger partial charge in [-0.2, -0.15) is 0 Å². The van der Waals surface area contributed by atoms with Gasteiger partial charge >= 0.3 is 5.97 Å². The first-order valence-corrected chi connectivity index (χ1v) is 6.59. The van der Waals surface area contributed by atoms with Crippen LogP contribution in [-0.2, 0) is 14.3 Å². The summed E-state index contributed by atoms with van der Waals surface area (Å²) in [5.74, 6) is -0.227. The number of ether oxygens (including phenoxy) is 1. The molecule has 18 heavy (non-hydrogen) atoms. The Morgan fingerprint density at radius 2 is 1.83 bits per heavy atom. The van der Waals surface area contributed by atoms with Gasteiger partial charge < -0.3 is 10.1 Å². The van der Waals surface area contributed by atoms with Crippen molar-refractivity contribution in [2.45, 2.75) is 53.1 Å². The van der Waals surface area contributed by atoms with E-state index in [4.69, 9.17) is 4.74 Å². The van der Waals surface area contributed by atoms with Crippen LogP contribution in [0.2, 0.25) is 0 Å². The van der Waals surface area contributed by atoms with Crippen LogP contribution in [0.25, 0.3) is 0 Å². The second-order valence-corrected chi connectivity index (χ2v) is 4.64. The molecule has 0 aliphatic rings. The van der Waals surface area contributed by atoms with Gasteiger partial charge in [0.25, 0.3) is 0 Å². The number of nitrogens with one attached hydrogen (secondary N) is 1. The predicted octanol–water partition coefficient (Wildman–Crippen LogP) is 1.17. The fraction of sp³-hybridized carbons (Fsp3) is 0.846. The van der Waals surface area contributed by atoms with Crippen LogP contribution in [-0.4, -0.2) is 48.6 Å². The minimum Gasteiger partial charge on any atom is -0.466 e. The molecule has 1 N–H and O–H groups in total. The summed E-state index contributed by atoms with van der Waals surface area (Å²) in [6.07, 6.45) is 0.316. The summed E-state index contributed by atoms with van der Waals surface area (Å²) in [5.41, 5.74) is 0. The van der Waals surface area contributed by atoms with E-state index in [2.05, 4.69) is 5.32 Å². The van der Waals surface area contributed by atoms with Crippen LogP contribution >= 0.6 is 0 Å². The molecule has 0 rings (SSSR count). The molecule has 0 radical (unpaired) electrons. The number of nitrogens with zero attached hydrogens (tertiary/aromatic N) is 1. The van der Waals surface area contributed by atoms with Crippen molar-refractivity contribution in [2.75, 3.05) is 19.7 Å². The number of likely N-dealkylation sites (N-methyl/N-ethyl adjacent to an activating group) is 1. The van der Waals surface area contributed by atoms with E-state index in [9.17, 15) is 9.59 Å². The van der Waals surface area contributed by atoms with E-state index in [-0.39, 0.29) is 24.0 Å². The highest BCUT2D eigenvalue weighted by molar-refractivity contribution is 5.78. The van der Waals surface area contributed by atoms with Crippen LogP contribution in [0.1, 0.15) is 41.0 Å². The molecule has 1 atom stereocenters. The van der Waals surface area contributed by atoms with Crippen LogP contribution in [0.5, 0.6) is 0 Å². The second kappa shape index (κ2) is 8.91. The number of carbonyl (C=O) groups is 2. The third kappa shape index (κ3) is 7.27. The number of amides is 1. The standard InChI is InChI=1S/C13H26N2O3/c1-6-15(9-12(16)14-10(3)4)11(5)8-13(17)18-7-2/h10-11H,6-9H2,1-5H3,(H,14,16). The van der Waals surface area contributed by atoms with Crippen molar-refractivity contribution in [3.63, 3.8) is 0 Å². The van der Waals surface area contributed by atoms with Crippen molar-refractivity contribution in [3.05, 3.63) is 0 Å². The first-order chi connectivity index (χ1) is 8.40. The van der Waals surface area contributed by atoms with Gasteiger partial charge in [-0.25, -0.2) is 0 Å². The Kier molecular flexibility index (Phi) is 8.37. The van der Waals surface area contributed by atoms with Gasteiger partial charge in [0.05, 0.1) is 19.6 Å². The number of hydrogen-bond acceptors (Lipinski definition) is 4. The second-order valence-electron chi connectivity index (χ2n) is 4.64. The molecule has 0 bridgehead atoms. The summed E-state index contributed by atoms with van der Waals surface area (Å²) in [6, 6.07) is 0.142. The highest BCUT2D eigenvalue weighted by Gasteiger charge is 2.19. The molecule has 0 aromatic carbocycles. The Hall–Kier alpha value is -1.10. The number of rotatable bonds is 8. The Morgan fingerprint density at radius 3 is 2.28 bits per heavy atom. The molecule has 0 heterocycles. The fourth-order valence-electron chi connectivity index (χ4n) is 1.72. The van der Waals surface area contributed by atoms with E-state index in [0.717, 1.165) is 6.54 Å². The smallest absolute Gasteiger partial charge is 0.307 e. The highest BCUT2D eigenvalue weighted by atomic mass is 16.5. The molecule has 5 nitrogen and oxygen atoms in total. The van der Waals surface area contributed by atoms with Gasteiger partial charge in [-0.1, -0.05) is 6.92 Å². The zero-order valence-corrected chi connectivity index (χ0v) is 12.2. The SMILES string of the molecule is CCOC(=O)CC(C)N(CC)CC(=O)NC(C)C. The van der Waals surface area contributed by atoms with Gasteiger partial charge in [-0.3, -0.25) is 14.5 Å². The lowest BCUT2D eigenvalue weighted by molar-refractivity contribution is -0.144. The molecule has 0 saturated carbocycles. The maximum absolute atomic E-state index is 11.7. The van der Waals surface area contributed by atoms with E-state index in [0.29, 0.717) is 19.6 Å². The molecule has 0 saturated heterocycles. The molecule has 5 heteroatoms. The first kappa shape index (κ1) is 16.9. The van der Waals surface area contributed by atoms with Gasteiger partial charge in [-0.15, -0.1) is 0 Å². The number of esters is 1. The van der Waals surface area contributed by atoms with Gasteiger partial charge in [0.15, 0.2) is 0 Å². The average Bonchev–Trinajstić information content (AvgIpc) is 2.24. The summed E-state index contributed by atoms with van der Waals surface area (Å²) in [4.78, 5) is 25.0. The molecule has 0 spiro atoms. The van der Waals surface area contributed by atoms with Gasteiger partial charge in [0.1, 0.15) is 0 Å². The molecular formula is C13H26N2O3. The summed E-state index contributed by atoms with van der Waals surface area (Å²) in [6.45, 7) is 11.0. The third-order valence-electron chi connectivity index (χ3n) is 2.59. The molecule has 1 amide bonds. The molecule has 1 unspecified atom stereocenters. The minimum absolute atomic E-state index is 0.00645. The van der Waals surface area contributed by atoms with Gasteiger partial charge in [0, 0.05) is 12.1 Å². The third-order valence-corrected chi connectivity index (χ3v) is 2.59. The summed E-state index contributed by atoms with van der Waals surface area (Å²) in [5, 5.41) is 2.84. The van der Waals surface area contributed by atoms with E-state index in [1.807, 2.05) is 32.6 Å². The van der Waals surface area contributed by atoms with E-state index in [1.165, 1.54) is 0 Å². The maximum Gasteiger partial charge on any atom is 0.307 e. The van der Waals surface area contributed by atoms with Gasteiger partial charge in [0.2, 0.25) is 5.91 Å². The Labute approximate surface area is 110 Å². The Morgan fingerprint density at radius 1 is 1.22 bits per heavy atom. The van der Waals surface area contributed by atoms with E-state index < -0.39 is 0 Å². The van der Waals surface area contributed by atoms with Crippen molar-refractivity contribution < 1.29 is 14.3 Å². The molecular weight excluding hydrogens is 232 g/mol. The lowest BCUT2D eigenvalue weighted by atomic mass is 10.2. The van der Waals surface area contributed by atoms with Crippen molar-refractivity contribution in [2.24, 2.45) is 0 Å². The van der Waals surface area contributed by atoms with E-state index >= 15 is 0 Å². The molecule has 0 aliphatic heterocycles. The highest BCUT2D eigenvalue weighted by Crippen LogP contribution is 2.04. The van der Waals surface area contributed by atoms with Crippen molar-refractivity contribution in [1.29, 1.82) is 0 Å². The van der Waals surface area contributed by atoms with E-state index in [1.54, 1.807) is 6.92 Å². The average molecular weight is 258 g/mol. The maximum atomic E-state index is 11.7. The first-order valence-electron chi connectivity index (χ1n) is 6.59. The summed E-state index contributed by atoms with van der Waals surface area (Å²) >= 11 is 0. The van der Waals surface area contributed by atoms with Gasteiger partial charge in [-0.05, 0) is 34.2 Å². The Bertz CT molecular complexity index is 267. The largest absolute Gasteiger partial charge is 0.466 e. The fourth-order valence-corrected chi connectivity index (χ4v) is 1.72. The zero-order chi connectivity index (χ0) is 14.1. The topological polar surface area (TPSA) is 58.6 Å². The Balaban J connectivity index is 4.22. The van der Waals surface area contributed by atoms with Crippen molar-refractivity contribution in [1.82, 2.24) is 10.2 Å². The van der Waals surface area contributed by atoms with Crippen LogP contribution in [0.4, 0.5) is 0 Å². The van der Waals surface area contributed by atoms with Crippen LogP contribution in [0, 0.1) is 0 Å². The van der Waals surface area contributed by atoms with Crippen LogP contribution < -0.4 is 5.32 Å².